The second-order valence-corrected chi connectivity index (χ2v) is 10.6. The number of esters is 1. The second-order valence-electron chi connectivity index (χ2n) is 10.6. The Bertz CT molecular complexity index is 581. The van der Waals surface area contributed by atoms with Crippen LogP contribution in [0.5, 0.6) is 0 Å². The number of carbonyl (C=O) groups is 1. The average molecular weight is 373 g/mol. The Balaban J connectivity index is 1.46. The molecule has 4 fully saturated rings. The van der Waals surface area contributed by atoms with E-state index in [9.17, 15) is 4.79 Å². The Morgan fingerprint density at radius 1 is 0.963 bits per heavy atom. The molecular formula is C25H40O2. The summed E-state index contributed by atoms with van der Waals surface area (Å²) in [5.41, 5.74) is 1.14. The molecule has 0 aromatic heterocycles. The Kier molecular flexibility index (Phi) is 5.47. The fourth-order valence-electron chi connectivity index (χ4n) is 8.31. The third-order valence-electron chi connectivity index (χ3n) is 9.74. The van der Waals surface area contributed by atoms with Crippen LogP contribution in [0.4, 0.5) is 0 Å². The fourth-order valence-corrected chi connectivity index (χ4v) is 8.31. The summed E-state index contributed by atoms with van der Waals surface area (Å²) in [6.45, 7) is 7.60. The molecule has 6 unspecified atom stereocenters. The molecule has 4 aliphatic rings. The van der Waals surface area contributed by atoms with Crippen molar-refractivity contribution in [2.45, 2.75) is 91.4 Å². The van der Waals surface area contributed by atoms with Gasteiger partial charge in [0.25, 0.3) is 0 Å². The lowest BCUT2D eigenvalue weighted by Crippen LogP contribution is -2.52. The van der Waals surface area contributed by atoms with Gasteiger partial charge in [0.05, 0.1) is 6.61 Å². The molecule has 4 aliphatic carbocycles. The molecule has 2 heteroatoms. The molecule has 4 saturated carbocycles. The van der Waals surface area contributed by atoms with Gasteiger partial charge >= 0.3 is 5.97 Å². The van der Waals surface area contributed by atoms with Crippen LogP contribution >= 0.6 is 0 Å². The SMILES string of the molecule is CCOC(=O)/C=C/CC1CCC2C3CCC4CCCCC4(C)C3CC[C@]12C. The van der Waals surface area contributed by atoms with Gasteiger partial charge in [-0.15, -0.1) is 0 Å². The maximum atomic E-state index is 11.6. The standard InChI is InChI=1S/C25H40O2/c1-4-27-23(26)10-7-9-19-12-14-21-20-13-11-18-8-5-6-16-24(18,2)22(20)15-17-25(19,21)3/h7,10,18-22H,4-6,8-9,11-17H2,1-3H3/b10-7+/t18?,19?,20?,21?,22?,24?,25-/m1/s1. The van der Waals surface area contributed by atoms with Crippen molar-refractivity contribution < 1.29 is 9.53 Å². The molecule has 7 atom stereocenters. The lowest BCUT2D eigenvalue weighted by molar-refractivity contribution is -0.137. The number of hydrogen-bond acceptors (Lipinski definition) is 2. The molecular weight excluding hydrogens is 332 g/mol. The van der Waals surface area contributed by atoms with Crippen LogP contribution in [0.15, 0.2) is 12.2 Å². The number of ether oxygens (including phenoxy) is 1. The molecule has 4 rings (SSSR count). The molecule has 0 N–H and O–H groups in total. The number of fused-ring (bicyclic) bond motifs is 5. The van der Waals surface area contributed by atoms with Crippen LogP contribution in [0.3, 0.4) is 0 Å². The van der Waals surface area contributed by atoms with E-state index in [1.54, 1.807) is 6.08 Å². The highest BCUT2D eigenvalue weighted by molar-refractivity contribution is 5.81. The number of carbonyl (C=O) groups excluding carboxylic acids is 1. The molecule has 27 heavy (non-hydrogen) atoms. The zero-order valence-corrected chi connectivity index (χ0v) is 17.8. The summed E-state index contributed by atoms with van der Waals surface area (Å²) >= 11 is 0. The molecule has 0 aromatic carbocycles. The van der Waals surface area contributed by atoms with Crippen LogP contribution in [0, 0.1) is 40.4 Å². The fraction of sp³-hybridized carbons (Fsp3) is 0.880. The first-order valence-electron chi connectivity index (χ1n) is 11.8. The maximum Gasteiger partial charge on any atom is 0.330 e. The van der Waals surface area contributed by atoms with E-state index >= 15 is 0 Å². The molecule has 0 amide bonds. The van der Waals surface area contributed by atoms with E-state index in [1.807, 2.05) is 6.92 Å². The van der Waals surface area contributed by atoms with Gasteiger partial charge in [-0.1, -0.05) is 32.8 Å². The highest BCUT2D eigenvalue weighted by Gasteiger charge is 2.59. The third kappa shape index (κ3) is 3.29. The number of rotatable bonds is 4. The van der Waals surface area contributed by atoms with Crippen molar-refractivity contribution in [3.63, 3.8) is 0 Å². The molecule has 0 aliphatic heterocycles. The highest BCUT2D eigenvalue weighted by atomic mass is 16.5. The summed E-state index contributed by atoms with van der Waals surface area (Å²) in [4.78, 5) is 11.6. The lowest BCUT2D eigenvalue weighted by atomic mass is 9.45. The Morgan fingerprint density at radius 3 is 2.59 bits per heavy atom. The van der Waals surface area contributed by atoms with Gasteiger partial charge in [-0.2, -0.15) is 0 Å². The van der Waals surface area contributed by atoms with E-state index < -0.39 is 0 Å². The van der Waals surface area contributed by atoms with Crippen LogP contribution in [0.25, 0.3) is 0 Å². The van der Waals surface area contributed by atoms with Crippen molar-refractivity contribution >= 4 is 5.97 Å². The molecule has 0 spiro atoms. The Hall–Kier alpha value is -0.790. The van der Waals surface area contributed by atoms with Crippen molar-refractivity contribution in [3.8, 4) is 0 Å². The van der Waals surface area contributed by atoms with Gasteiger partial charge < -0.3 is 4.74 Å². The molecule has 0 bridgehead atoms. The van der Waals surface area contributed by atoms with E-state index in [0.29, 0.717) is 17.4 Å². The average Bonchev–Trinajstić information content (AvgIpc) is 2.98. The minimum absolute atomic E-state index is 0.176. The lowest BCUT2D eigenvalue weighted by Gasteiger charge is -2.60. The van der Waals surface area contributed by atoms with E-state index in [0.717, 1.165) is 36.0 Å². The summed E-state index contributed by atoms with van der Waals surface area (Å²) < 4.78 is 5.04. The number of hydrogen-bond donors (Lipinski definition) is 0. The molecule has 0 radical (unpaired) electrons. The predicted molar refractivity (Wildman–Crippen MR) is 110 cm³/mol. The molecule has 0 aromatic rings. The minimum atomic E-state index is -0.176. The first kappa shape index (κ1) is 19.5. The first-order valence-corrected chi connectivity index (χ1v) is 11.8. The van der Waals surface area contributed by atoms with E-state index in [-0.39, 0.29) is 5.97 Å². The first-order chi connectivity index (χ1) is 13.0. The molecule has 0 heterocycles. The van der Waals surface area contributed by atoms with Crippen LogP contribution in [-0.2, 0) is 9.53 Å². The van der Waals surface area contributed by atoms with E-state index in [1.165, 1.54) is 64.2 Å². The summed E-state index contributed by atoms with van der Waals surface area (Å²) in [5, 5.41) is 0. The van der Waals surface area contributed by atoms with Crippen LogP contribution in [0.2, 0.25) is 0 Å². The summed E-state index contributed by atoms with van der Waals surface area (Å²) in [7, 11) is 0. The van der Waals surface area contributed by atoms with Crippen molar-refractivity contribution in [1.29, 1.82) is 0 Å². The van der Waals surface area contributed by atoms with Crippen molar-refractivity contribution in [1.82, 2.24) is 0 Å². The van der Waals surface area contributed by atoms with Crippen molar-refractivity contribution in [2.24, 2.45) is 40.4 Å². The highest BCUT2D eigenvalue weighted by Crippen LogP contribution is 2.67. The molecule has 2 nitrogen and oxygen atoms in total. The van der Waals surface area contributed by atoms with Gasteiger partial charge in [0.15, 0.2) is 0 Å². The Labute approximate surface area is 166 Å². The third-order valence-corrected chi connectivity index (χ3v) is 9.74. The smallest absolute Gasteiger partial charge is 0.330 e. The number of allylic oxidation sites excluding steroid dienone is 1. The predicted octanol–water partition coefficient (Wildman–Crippen LogP) is 6.54. The zero-order chi connectivity index (χ0) is 19.1. The van der Waals surface area contributed by atoms with Gasteiger partial charge in [0.2, 0.25) is 0 Å². The summed E-state index contributed by atoms with van der Waals surface area (Å²) in [6.07, 6.45) is 19.4. The monoisotopic (exact) mass is 372 g/mol. The molecule has 152 valence electrons. The van der Waals surface area contributed by atoms with Crippen LogP contribution in [-0.4, -0.2) is 12.6 Å². The largest absolute Gasteiger partial charge is 0.463 e. The van der Waals surface area contributed by atoms with Gasteiger partial charge in [0.1, 0.15) is 0 Å². The van der Waals surface area contributed by atoms with Gasteiger partial charge in [-0.3, -0.25) is 0 Å². The van der Waals surface area contributed by atoms with E-state index in [2.05, 4.69) is 19.9 Å². The quantitative estimate of drug-likeness (QED) is 0.413. The van der Waals surface area contributed by atoms with E-state index in [4.69, 9.17) is 4.74 Å². The summed E-state index contributed by atoms with van der Waals surface area (Å²) in [6, 6.07) is 0. The maximum absolute atomic E-state index is 11.6. The summed E-state index contributed by atoms with van der Waals surface area (Å²) in [5.74, 6) is 4.49. The second kappa shape index (κ2) is 7.56. The van der Waals surface area contributed by atoms with Crippen LogP contribution in [0.1, 0.15) is 91.4 Å². The van der Waals surface area contributed by atoms with Crippen molar-refractivity contribution in [2.75, 3.05) is 6.61 Å². The van der Waals surface area contributed by atoms with Crippen LogP contribution < -0.4 is 0 Å². The Morgan fingerprint density at radius 2 is 1.78 bits per heavy atom. The minimum Gasteiger partial charge on any atom is -0.463 e. The molecule has 0 saturated heterocycles. The topological polar surface area (TPSA) is 26.3 Å². The van der Waals surface area contributed by atoms with Gasteiger partial charge in [0, 0.05) is 6.08 Å². The van der Waals surface area contributed by atoms with Gasteiger partial charge in [-0.05, 0) is 105 Å². The van der Waals surface area contributed by atoms with Crippen molar-refractivity contribution in [3.05, 3.63) is 12.2 Å². The normalized spacial score (nSPS) is 46.6. The zero-order valence-electron chi connectivity index (χ0n) is 17.8. The van der Waals surface area contributed by atoms with Gasteiger partial charge in [-0.25, -0.2) is 4.79 Å².